The number of nitrogens with one attached hydrogen (secondary N) is 1. The number of ether oxygens (including phenoxy) is 1. The van der Waals surface area contributed by atoms with Gasteiger partial charge in [-0.05, 0) is 53.2 Å². The van der Waals surface area contributed by atoms with Gasteiger partial charge in [0.2, 0.25) is 0 Å². The van der Waals surface area contributed by atoms with E-state index in [1.165, 1.54) is 18.1 Å². The number of carbonyl (C=O) groups is 2. The third kappa shape index (κ3) is 3.37. The molecule has 0 spiro atoms. The lowest BCUT2D eigenvalue weighted by molar-refractivity contribution is 0.0599. The molecular formula is C17H15N5O3. The van der Waals surface area contributed by atoms with Crippen LogP contribution in [0.2, 0.25) is 0 Å². The molecular weight excluding hydrogens is 322 g/mol. The number of hydrogen-bond donors (Lipinski definition) is 1. The number of aromatic nitrogens is 4. The molecule has 1 aromatic heterocycles. The lowest BCUT2D eigenvalue weighted by atomic mass is 10.1. The number of tetrazole rings is 1. The van der Waals surface area contributed by atoms with Crippen molar-refractivity contribution in [3.63, 3.8) is 0 Å². The van der Waals surface area contributed by atoms with Crippen LogP contribution >= 0.6 is 0 Å². The number of carbonyl (C=O) groups excluding carboxylic acids is 2. The van der Waals surface area contributed by atoms with Crippen molar-refractivity contribution >= 4 is 17.6 Å². The van der Waals surface area contributed by atoms with Crippen LogP contribution in [0.1, 0.15) is 26.3 Å². The molecule has 1 amide bonds. The minimum absolute atomic E-state index is 0.306. The van der Waals surface area contributed by atoms with Gasteiger partial charge in [0, 0.05) is 11.3 Å². The van der Waals surface area contributed by atoms with Crippen molar-refractivity contribution in [1.29, 1.82) is 0 Å². The SMILES string of the molecule is COC(=O)c1cccc(NC(=O)c2cccc(-n3cnnn3)c2)c1C. The van der Waals surface area contributed by atoms with Crippen molar-refractivity contribution in [3.8, 4) is 5.69 Å². The first-order valence-electron chi connectivity index (χ1n) is 7.43. The van der Waals surface area contributed by atoms with Crippen LogP contribution < -0.4 is 5.32 Å². The number of hydrogen-bond acceptors (Lipinski definition) is 6. The Morgan fingerprint density at radius 3 is 2.68 bits per heavy atom. The normalized spacial score (nSPS) is 10.3. The first-order valence-corrected chi connectivity index (χ1v) is 7.43. The smallest absolute Gasteiger partial charge is 0.338 e. The molecule has 8 heteroatoms. The Kier molecular flexibility index (Phi) is 4.51. The number of benzene rings is 2. The summed E-state index contributed by atoms with van der Waals surface area (Å²) in [6.45, 7) is 1.75. The molecule has 0 aliphatic heterocycles. The quantitative estimate of drug-likeness (QED) is 0.731. The minimum atomic E-state index is -0.450. The Bertz CT molecular complexity index is 922. The molecule has 0 aliphatic carbocycles. The Morgan fingerprint density at radius 2 is 1.96 bits per heavy atom. The Morgan fingerprint density at radius 1 is 1.16 bits per heavy atom. The highest BCUT2D eigenvalue weighted by atomic mass is 16.5. The molecule has 0 unspecified atom stereocenters. The topological polar surface area (TPSA) is 99.0 Å². The van der Waals surface area contributed by atoms with Crippen LogP contribution in [-0.4, -0.2) is 39.2 Å². The summed E-state index contributed by atoms with van der Waals surface area (Å²) in [5.41, 5.74) is 2.69. The maximum Gasteiger partial charge on any atom is 0.338 e. The third-order valence-corrected chi connectivity index (χ3v) is 3.71. The number of rotatable bonds is 4. The largest absolute Gasteiger partial charge is 0.465 e. The number of anilines is 1. The molecule has 126 valence electrons. The van der Waals surface area contributed by atoms with E-state index in [9.17, 15) is 9.59 Å². The van der Waals surface area contributed by atoms with E-state index in [0.717, 1.165) is 0 Å². The van der Waals surface area contributed by atoms with Crippen molar-refractivity contribution in [1.82, 2.24) is 20.2 Å². The Hall–Kier alpha value is -3.55. The molecule has 0 aliphatic rings. The predicted octanol–water partition coefficient (Wildman–Crippen LogP) is 2.01. The highest BCUT2D eigenvalue weighted by Gasteiger charge is 2.14. The summed E-state index contributed by atoms with van der Waals surface area (Å²) in [5.74, 6) is -0.755. The molecule has 0 saturated carbocycles. The number of nitrogens with zero attached hydrogens (tertiary/aromatic N) is 4. The lowest BCUT2D eigenvalue weighted by Gasteiger charge is -2.12. The fourth-order valence-corrected chi connectivity index (χ4v) is 2.37. The summed E-state index contributed by atoms with van der Waals surface area (Å²) >= 11 is 0. The van der Waals surface area contributed by atoms with Crippen molar-refractivity contribution < 1.29 is 14.3 Å². The Balaban J connectivity index is 1.86. The van der Waals surface area contributed by atoms with E-state index in [2.05, 4.69) is 20.8 Å². The van der Waals surface area contributed by atoms with Crippen molar-refractivity contribution in [3.05, 3.63) is 65.5 Å². The van der Waals surface area contributed by atoms with Gasteiger partial charge < -0.3 is 10.1 Å². The average Bonchev–Trinajstić information content (AvgIpc) is 3.17. The van der Waals surface area contributed by atoms with Gasteiger partial charge in [0.1, 0.15) is 6.33 Å². The van der Waals surface area contributed by atoms with Gasteiger partial charge in [-0.15, -0.1) is 5.10 Å². The first kappa shape index (κ1) is 16.3. The van der Waals surface area contributed by atoms with E-state index in [1.54, 1.807) is 49.4 Å². The van der Waals surface area contributed by atoms with Gasteiger partial charge in [0.15, 0.2) is 0 Å². The highest BCUT2D eigenvalue weighted by molar-refractivity contribution is 6.05. The number of methoxy groups -OCH3 is 1. The van der Waals surface area contributed by atoms with Crippen LogP contribution in [0, 0.1) is 6.92 Å². The molecule has 0 atom stereocenters. The van der Waals surface area contributed by atoms with Gasteiger partial charge in [0.25, 0.3) is 5.91 Å². The van der Waals surface area contributed by atoms with Crippen LogP contribution in [0.15, 0.2) is 48.8 Å². The summed E-state index contributed by atoms with van der Waals surface area (Å²) in [4.78, 5) is 24.3. The fraction of sp³-hybridized carbons (Fsp3) is 0.118. The van der Waals surface area contributed by atoms with Gasteiger partial charge >= 0.3 is 5.97 Å². The Labute approximate surface area is 143 Å². The van der Waals surface area contributed by atoms with Crippen LogP contribution in [0.3, 0.4) is 0 Å². The van der Waals surface area contributed by atoms with Crippen LogP contribution in [0.4, 0.5) is 5.69 Å². The molecule has 2 aromatic carbocycles. The van der Waals surface area contributed by atoms with Gasteiger partial charge in [-0.1, -0.05) is 12.1 Å². The zero-order chi connectivity index (χ0) is 17.8. The summed E-state index contributed by atoms with van der Waals surface area (Å²) in [6, 6.07) is 11.9. The summed E-state index contributed by atoms with van der Waals surface area (Å²) in [5, 5.41) is 13.8. The second-order valence-electron chi connectivity index (χ2n) is 5.23. The first-order chi connectivity index (χ1) is 12.1. The van der Waals surface area contributed by atoms with E-state index in [-0.39, 0.29) is 5.91 Å². The molecule has 0 saturated heterocycles. The van der Waals surface area contributed by atoms with Crippen molar-refractivity contribution in [2.75, 3.05) is 12.4 Å². The van der Waals surface area contributed by atoms with Crippen molar-refractivity contribution in [2.24, 2.45) is 0 Å². The molecule has 0 fully saturated rings. The van der Waals surface area contributed by atoms with E-state index < -0.39 is 5.97 Å². The maximum atomic E-state index is 12.6. The van der Waals surface area contributed by atoms with Crippen molar-refractivity contribution in [2.45, 2.75) is 6.92 Å². The molecule has 3 rings (SSSR count). The van der Waals surface area contributed by atoms with Gasteiger partial charge in [-0.2, -0.15) is 0 Å². The molecule has 25 heavy (non-hydrogen) atoms. The minimum Gasteiger partial charge on any atom is -0.465 e. The number of amides is 1. The number of esters is 1. The van der Waals surface area contributed by atoms with E-state index in [0.29, 0.717) is 28.1 Å². The molecule has 0 bridgehead atoms. The summed E-state index contributed by atoms with van der Waals surface area (Å²) in [6.07, 6.45) is 1.45. The molecule has 1 heterocycles. The zero-order valence-corrected chi connectivity index (χ0v) is 13.6. The zero-order valence-electron chi connectivity index (χ0n) is 13.6. The molecule has 3 aromatic rings. The van der Waals surface area contributed by atoms with E-state index in [4.69, 9.17) is 4.74 Å². The van der Waals surface area contributed by atoms with E-state index in [1.807, 2.05) is 0 Å². The monoisotopic (exact) mass is 337 g/mol. The average molecular weight is 337 g/mol. The lowest BCUT2D eigenvalue weighted by Crippen LogP contribution is -2.15. The van der Waals surface area contributed by atoms with Crippen LogP contribution in [0.25, 0.3) is 5.69 Å². The molecule has 1 N–H and O–H groups in total. The summed E-state index contributed by atoms with van der Waals surface area (Å²) in [7, 11) is 1.32. The van der Waals surface area contributed by atoms with Gasteiger partial charge in [0.05, 0.1) is 18.4 Å². The second-order valence-corrected chi connectivity index (χ2v) is 5.23. The van der Waals surface area contributed by atoms with Gasteiger partial charge in [-0.25, -0.2) is 9.48 Å². The molecule has 0 radical (unpaired) electrons. The maximum absolute atomic E-state index is 12.6. The fourth-order valence-electron chi connectivity index (χ4n) is 2.37. The highest BCUT2D eigenvalue weighted by Crippen LogP contribution is 2.21. The van der Waals surface area contributed by atoms with Crippen LogP contribution in [-0.2, 0) is 4.74 Å². The van der Waals surface area contributed by atoms with E-state index >= 15 is 0 Å². The van der Waals surface area contributed by atoms with Crippen LogP contribution in [0.5, 0.6) is 0 Å². The summed E-state index contributed by atoms with van der Waals surface area (Å²) < 4.78 is 6.20. The van der Waals surface area contributed by atoms with Gasteiger partial charge in [-0.3, -0.25) is 4.79 Å². The predicted molar refractivity (Wildman–Crippen MR) is 89.6 cm³/mol. The second kappa shape index (κ2) is 6.91. The molecule has 8 nitrogen and oxygen atoms in total. The third-order valence-electron chi connectivity index (χ3n) is 3.71. The standard InChI is InChI=1S/C17H15N5O3/c1-11-14(17(24)25-2)7-4-8-15(11)19-16(23)12-5-3-6-13(9-12)22-10-18-20-21-22/h3-10H,1-2H3,(H,19,23).